The molecule has 26 heavy (non-hydrogen) atoms. The highest BCUT2D eigenvalue weighted by Gasteiger charge is 2.18. The average Bonchev–Trinajstić information content (AvgIpc) is 2.65. The number of para-hydroxylation sites is 1. The second kappa shape index (κ2) is 8.99. The monoisotopic (exact) mass is 359 g/mol. The third-order valence-electron chi connectivity index (χ3n) is 3.89. The Morgan fingerprint density at radius 2 is 1.62 bits per heavy atom. The lowest BCUT2D eigenvalue weighted by Gasteiger charge is -2.17. The number of hydrogen-bond donors (Lipinski definition) is 1. The quantitative estimate of drug-likeness (QED) is 0.784. The highest BCUT2D eigenvalue weighted by molar-refractivity contribution is 5.95. The minimum Gasteiger partial charge on any atom is -0.493 e. The van der Waals surface area contributed by atoms with Crippen LogP contribution in [0.4, 0.5) is 0 Å². The second-order valence-corrected chi connectivity index (χ2v) is 5.87. The smallest absolute Gasteiger partial charge is 0.251 e. The highest BCUT2D eigenvalue weighted by Crippen LogP contribution is 2.38. The average molecular weight is 359 g/mol. The zero-order valence-electron chi connectivity index (χ0n) is 15.8. The number of amides is 1. The van der Waals surface area contributed by atoms with E-state index in [-0.39, 0.29) is 11.9 Å². The predicted octanol–water partition coefficient (Wildman–Crippen LogP) is 3.22. The van der Waals surface area contributed by atoms with Gasteiger partial charge in [0.1, 0.15) is 12.4 Å². The molecule has 0 fully saturated rings. The third-order valence-corrected chi connectivity index (χ3v) is 3.89. The lowest BCUT2D eigenvalue weighted by atomic mass is 10.1. The molecule has 0 radical (unpaired) electrons. The van der Waals surface area contributed by atoms with Gasteiger partial charge >= 0.3 is 0 Å². The van der Waals surface area contributed by atoms with Gasteiger partial charge in [-0.2, -0.15) is 0 Å². The molecule has 0 bridgehead atoms. The molecule has 2 aromatic carbocycles. The molecule has 1 N–H and O–H groups in total. The van der Waals surface area contributed by atoms with Gasteiger partial charge in [-0.15, -0.1) is 0 Å². The molecule has 0 saturated heterocycles. The van der Waals surface area contributed by atoms with E-state index in [1.807, 2.05) is 38.1 Å². The topological polar surface area (TPSA) is 66.0 Å². The van der Waals surface area contributed by atoms with E-state index in [1.54, 1.807) is 12.1 Å². The standard InChI is InChI=1S/C20H25NO5/c1-13-8-6-7-9-16(13)26-12-14(2)21-20(22)15-10-17(23-3)19(25-5)18(11-15)24-4/h6-11,14H,12H2,1-5H3,(H,21,22)/t14-/m1/s1. The molecular weight excluding hydrogens is 334 g/mol. The van der Waals surface area contributed by atoms with Crippen molar-refractivity contribution >= 4 is 5.91 Å². The summed E-state index contributed by atoms with van der Waals surface area (Å²) in [6.45, 7) is 4.23. The van der Waals surface area contributed by atoms with E-state index >= 15 is 0 Å². The van der Waals surface area contributed by atoms with Crippen molar-refractivity contribution in [1.82, 2.24) is 5.32 Å². The summed E-state index contributed by atoms with van der Waals surface area (Å²) in [7, 11) is 4.54. The van der Waals surface area contributed by atoms with Gasteiger partial charge in [-0.3, -0.25) is 4.79 Å². The number of rotatable bonds is 8. The first kappa shape index (κ1) is 19.4. The molecule has 0 spiro atoms. The maximum Gasteiger partial charge on any atom is 0.251 e. The summed E-state index contributed by atoms with van der Waals surface area (Å²) < 4.78 is 21.6. The zero-order valence-corrected chi connectivity index (χ0v) is 15.8. The lowest BCUT2D eigenvalue weighted by Crippen LogP contribution is -2.36. The van der Waals surface area contributed by atoms with Crippen LogP contribution in [0.15, 0.2) is 36.4 Å². The van der Waals surface area contributed by atoms with Crippen molar-refractivity contribution in [3.05, 3.63) is 47.5 Å². The number of carbonyl (C=O) groups excluding carboxylic acids is 1. The van der Waals surface area contributed by atoms with Crippen LogP contribution in [0.2, 0.25) is 0 Å². The van der Waals surface area contributed by atoms with Crippen LogP contribution in [0.1, 0.15) is 22.8 Å². The summed E-state index contributed by atoms with van der Waals surface area (Å²) in [5.74, 6) is 1.87. The number of nitrogens with one attached hydrogen (secondary N) is 1. The van der Waals surface area contributed by atoms with Crippen molar-refractivity contribution in [2.45, 2.75) is 19.9 Å². The number of benzene rings is 2. The van der Waals surface area contributed by atoms with Crippen molar-refractivity contribution in [3.8, 4) is 23.0 Å². The normalized spacial score (nSPS) is 11.4. The summed E-state index contributed by atoms with van der Waals surface area (Å²) in [6, 6.07) is 10.8. The maximum atomic E-state index is 12.6. The van der Waals surface area contributed by atoms with Crippen molar-refractivity contribution < 1.29 is 23.7 Å². The first-order valence-electron chi connectivity index (χ1n) is 8.29. The second-order valence-electron chi connectivity index (χ2n) is 5.87. The van der Waals surface area contributed by atoms with Gasteiger partial charge in [0.15, 0.2) is 11.5 Å². The number of ether oxygens (including phenoxy) is 4. The van der Waals surface area contributed by atoms with Crippen LogP contribution >= 0.6 is 0 Å². The predicted molar refractivity (Wildman–Crippen MR) is 99.7 cm³/mol. The van der Waals surface area contributed by atoms with Crippen molar-refractivity contribution in [1.29, 1.82) is 0 Å². The molecule has 0 aliphatic heterocycles. The summed E-state index contributed by atoms with van der Waals surface area (Å²) in [6.07, 6.45) is 0. The Morgan fingerprint density at radius 3 is 2.15 bits per heavy atom. The summed E-state index contributed by atoms with van der Waals surface area (Å²) in [4.78, 5) is 12.6. The fraction of sp³-hybridized carbons (Fsp3) is 0.350. The number of methoxy groups -OCH3 is 3. The number of aryl methyl sites for hydroxylation is 1. The molecule has 2 aromatic rings. The molecular formula is C20H25NO5. The molecule has 0 heterocycles. The summed E-state index contributed by atoms with van der Waals surface area (Å²) in [5.41, 5.74) is 1.47. The van der Waals surface area contributed by atoms with E-state index in [4.69, 9.17) is 18.9 Å². The van der Waals surface area contributed by atoms with Gasteiger partial charge in [-0.05, 0) is 37.6 Å². The van der Waals surface area contributed by atoms with Crippen LogP contribution in [0.5, 0.6) is 23.0 Å². The molecule has 6 nitrogen and oxygen atoms in total. The van der Waals surface area contributed by atoms with Gasteiger partial charge in [-0.25, -0.2) is 0 Å². The number of carbonyl (C=O) groups is 1. The van der Waals surface area contributed by atoms with Crippen LogP contribution < -0.4 is 24.3 Å². The van der Waals surface area contributed by atoms with Crippen molar-refractivity contribution in [2.75, 3.05) is 27.9 Å². The van der Waals surface area contributed by atoms with Gasteiger partial charge < -0.3 is 24.3 Å². The Morgan fingerprint density at radius 1 is 1.00 bits per heavy atom. The van der Waals surface area contributed by atoms with Crippen LogP contribution in [-0.4, -0.2) is 39.9 Å². The van der Waals surface area contributed by atoms with E-state index in [2.05, 4.69) is 5.32 Å². The highest BCUT2D eigenvalue weighted by atomic mass is 16.5. The first-order chi connectivity index (χ1) is 12.5. The van der Waals surface area contributed by atoms with Gasteiger partial charge in [0.2, 0.25) is 5.75 Å². The van der Waals surface area contributed by atoms with Crippen LogP contribution in [0.3, 0.4) is 0 Å². The molecule has 0 unspecified atom stereocenters. The van der Waals surface area contributed by atoms with E-state index in [1.165, 1.54) is 21.3 Å². The molecule has 0 saturated carbocycles. The fourth-order valence-corrected chi connectivity index (χ4v) is 2.49. The Hall–Kier alpha value is -2.89. The molecule has 2 rings (SSSR count). The maximum absolute atomic E-state index is 12.6. The Labute approximate surface area is 154 Å². The van der Waals surface area contributed by atoms with Gasteiger partial charge in [0.25, 0.3) is 5.91 Å². The van der Waals surface area contributed by atoms with Gasteiger partial charge in [0.05, 0.1) is 27.4 Å². The van der Waals surface area contributed by atoms with Gasteiger partial charge in [-0.1, -0.05) is 18.2 Å². The molecule has 1 amide bonds. The SMILES string of the molecule is COc1cc(C(=O)N[C@H](C)COc2ccccc2C)cc(OC)c1OC. The molecule has 0 aliphatic rings. The summed E-state index contributed by atoms with van der Waals surface area (Å²) >= 11 is 0. The molecule has 6 heteroatoms. The van der Waals surface area contributed by atoms with E-state index < -0.39 is 0 Å². The third kappa shape index (κ3) is 4.59. The Balaban J connectivity index is 2.05. The van der Waals surface area contributed by atoms with E-state index in [9.17, 15) is 4.79 Å². The molecule has 140 valence electrons. The van der Waals surface area contributed by atoms with Crippen molar-refractivity contribution in [3.63, 3.8) is 0 Å². The molecule has 0 aliphatic carbocycles. The molecule has 0 aromatic heterocycles. The zero-order chi connectivity index (χ0) is 19.1. The summed E-state index contributed by atoms with van der Waals surface area (Å²) in [5, 5.41) is 2.91. The first-order valence-corrected chi connectivity index (χ1v) is 8.29. The fourth-order valence-electron chi connectivity index (χ4n) is 2.49. The van der Waals surface area contributed by atoms with Crippen LogP contribution in [0.25, 0.3) is 0 Å². The van der Waals surface area contributed by atoms with Crippen LogP contribution in [0, 0.1) is 6.92 Å². The van der Waals surface area contributed by atoms with Crippen LogP contribution in [-0.2, 0) is 0 Å². The number of hydrogen-bond acceptors (Lipinski definition) is 5. The largest absolute Gasteiger partial charge is 0.493 e. The lowest BCUT2D eigenvalue weighted by molar-refractivity contribution is 0.0925. The molecule has 1 atom stereocenters. The van der Waals surface area contributed by atoms with Crippen molar-refractivity contribution in [2.24, 2.45) is 0 Å². The minimum absolute atomic E-state index is 0.179. The minimum atomic E-state index is -0.245. The van der Waals surface area contributed by atoms with E-state index in [0.717, 1.165) is 11.3 Å². The Kier molecular flexibility index (Phi) is 6.72. The van der Waals surface area contributed by atoms with E-state index in [0.29, 0.717) is 29.4 Å². The Bertz CT molecular complexity index is 735. The van der Waals surface area contributed by atoms with Gasteiger partial charge in [0, 0.05) is 5.56 Å².